The molecule has 1 atom stereocenters. The number of hydrogen-bond acceptors (Lipinski definition) is 4. The van der Waals surface area contributed by atoms with E-state index in [1.165, 1.54) is 5.56 Å². The molecule has 4 rings (SSSR count). The van der Waals surface area contributed by atoms with Crippen LogP contribution in [0.3, 0.4) is 0 Å². The highest BCUT2D eigenvalue weighted by Crippen LogP contribution is 2.36. The summed E-state index contributed by atoms with van der Waals surface area (Å²) in [4.78, 5) is 0. The minimum Gasteiger partial charge on any atom is -0.492 e. The van der Waals surface area contributed by atoms with Gasteiger partial charge in [-0.25, -0.2) is 0 Å². The van der Waals surface area contributed by atoms with Crippen LogP contribution in [0.4, 0.5) is 0 Å². The fraction of sp³-hybridized carbons (Fsp3) is 0.294. The van der Waals surface area contributed by atoms with Crippen molar-refractivity contribution in [2.45, 2.75) is 19.0 Å². The lowest BCUT2D eigenvalue weighted by molar-refractivity contribution is 0.174. The van der Waals surface area contributed by atoms with Crippen molar-refractivity contribution in [3.05, 3.63) is 52.5 Å². The fourth-order valence-electron chi connectivity index (χ4n) is 2.81. The molecular formula is C17H16ClNO3. The minimum absolute atomic E-state index is 0.260. The molecule has 2 aromatic rings. The largest absolute Gasteiger partial charge is 0.492 e. The van der Waals surface area contributed by atoms with Crippen molar-refractivity contribution in [1.29, 1.82) is 0 Å². The van der Waals surface area contributed by atoms with Gasteiger partial charge in [-0.05, 0) is 29.7 Å². The van der Waals surface area contributed by atoms with Crippen LogP contribution in [-0.2, 0) is 13.0 Å². The van der Waals surface area contributed by atoms with E-state index in [2.05, 4.69) is 11.4 Å². The molecule has 4 nitrogen and oxygen atoms in total. The Balaban J connectivity index is 1.44. The highest BCUT2D eigenvalue weighted by Gasteiger charge is 2.20. The lowest BCUT2D eigenvalue weighted by atomic mass is 10.0. The first-order valence-corrected chi connectivity index (χ1v) is 7.69. The molecule has 2 aliphatic heterocycles. The molecular weight excluding hydrogens is 302 g/mol. The van der Waals surface area contributed by atoms with E-state index in [1.807, 2.05) is 30.3 Å². The van der Waals surface area contributed by atoms with Crippen LogP contribution in [0.5, 0.6) is 17.2 Å². The van der Waals surface area contributed by atoms with Gasteiger partial charge in [-0.2, -0.15) is 0 Å². The van der Waals surface area contributed by atoms with E-state index in [1.54, 1.807) is 0 Å². The molecule has 2 aliphatic rings. The second-order valence-corrected chi connectivity index (χ2v) is 5.90. The monoisotopic (exact) mass is 317 g/mol. The third-order valence-electron chi connectivity index (χ3n) is 4.00. The summed E-state index contributed by atoms with van der Waals surface area (Å²) in [7, 11) is 0. The lowest BCUT2D eigenvalue weighted by Gasteiger charge is -2.26. The summed E-state index contributed by atoms with van der Waals surface area (Å²) in [5, 5.41) is 4.19. The molecule has 0 unspecified atom stereocenters. The fourth-order valence-corrected chi connectivity index (χ4v) is 3.03. The number of benzene rings is 2. The quantitative estimate of drug-likeness (QED) is 0.944. The number of halogens is 1. The van der Waals surface area contributed by atoms with E-state index in [-0.39, 0.29) is 12.8 Å². The smallest absolute Gasteiger partial charge is 0.231 e. The van der Waals surface area contributed by atoms with Gasteiger partial charge >= 0.3 is 0 Å². The normalized spacial score (nSPS) is 18.7. The van der Waals surface area contributed by atoms with Gasteiger partial charge in [-0.3, -0.25) is 0 Å². The molecule has 2 heterocycles. The molecule has 114 valence electrons. The van der Waals surface area contributed by atoms with E-state index < -0.39 is 0 Å². The SMILES string of the molecule is Clc1cc2c(cc1CN[C@@H]1COc3ccccc3C1)OCO2. The van der Waals surface area contributed by atoms with Gasteiger partial charge in [-0.15, -0.1) is 0 Å². The van der Waals surface area contributed by atoms with Gasteiger partial charge in [0.15, 0.2) is 11.5 Å². The van der Waals surface area contributed by atoms with Crippen LogP contribution >= 0.6 is 11.6 Å². The molecule has 0 spiro atoms. The van der Waals surface area contributed by atoms with Crippen LogP contribution in [0, 0.1) is 0 Å². The lowest BCUT2D eigenvalue weighted by Crippen LogP contribution is -2.38. The van der Waals surface area contributed by atoms with E-state index >= 15 is 0 Å². The summed E-state index contributed by atoms with van der Waals surface area (Å²) in [6.07, 6.45) is 0.957. The molecule has 0 aromatic heterocycles. The standard InChI is InChI=1S/C17H16ClNO3/c18-14-7-17-16(21-10-22-17)6-12(14)8-19-13-5-11-3-1-2-4-15(11)20-9-13/h1-4,6-7,13,19H,5,8-10H2/t13-/m0/s1. The maximum absolute atomic E-state index is 6.30. The summed E-state index contributed by atoms with van der Waals surface area (Å²) in [6, 6.07) is 12.2. The van der Waals surface area contributed by atoms with Crippen molar-refractivity contribution in [2.75, 3.05) is 13.4 Å². The van der Waals surface area contributed by atoms with Crippen LogP contribution in [0.25, 0.3) is 0 Å². The maximum atomic E-state index is 6.30. The van der Waals surface area contributed by atoms with Crippen molar-refractivity contribution in [3.63, 3.8) is 0 Å². The highest BCUT2D eigenvalue weighted by molar-refractivity contribution is 6.31. The third-order valence-corrected chi connectivity index (χ3v) is 4.35. The van der Waals surface area contributed by atoms with Crippen LogP contribution in [0.15, 0.2) is 36.4 Å². The van der Waals surface area contributed by atoms with Gasteiger partial charge < -0.3 is 19.5 Å². The molecule has 1 N–H and O–H groups in total. The van der Waals surface area contributed by atoms with Gasteiger partial charge in [0.2, 0.25) is 6.79 Å². The zero-order valence-corrected chi connectivity index (χ0v) is 12.7. The van der Waals surface area contributed by atoms with Gasteiger partial charge in [0.05, 0.1) is 0 Å². The topological polar surface area (TPSA) is 39.7 Å². The second kappa shape index (κ2) is 5.71. The second-order valence-electron chi connectivity index (χ2n) is 5.50. The first-order chi connectivity index (χ1) is 10.8. The molecule has 0 bridgehead atoms. The number of ether oxygens (including phenoxy) is 3. The Kier molecular flexibility index (Phi) is 3.56. The van der Waals surface area contributed by atoms with Crippen molar-refractivity contribution in [3.8, 4) is 17.2 Å². The third kappa shape index (κ3) is 2.60. The van der Waals surface area contributed by atoms with Crippen molar-refractivity contribution >= 4 is 11.6 Å². The average molecular weight is 318 g/mol. The number of fused-ring (bicyclic) bond motifs is 2. The first-order valence-electron chi connectivity index (χ1n) is 7.32. The summed E-state index contributed by atoms with van der Waals surface area (Å²) in [6.45, 7) is 1.60. The van der Waals surface area contributed by atoms with Crippen molar-refractivity contribution < 1.29 is 14.2 Å². The summed E-state index contributed by atoms with van der Waals surface area (Å²) in [5.41, 5.74) is 2.24. The van der Waals surface area contributed by atoms with Crippen LogP contribution in [0.2, 0.25) is 5.02 Å². The molecule has 0 amide bonds. The van der Waals surface area contributed by atoms with Crippen LogP contribution in [-0.4, -0.2) is 19.4 Å². The number of rotatable bonds is 3. The predicted octanol–water partition coefficient (Wildman–Crippen LogP) is 3.16. The summed E-state index contributed by atoms with van der Waals surface area (Å²) < 4.78 is 16.5. The van der Waals surface area contributed by atoms with Crippen LogP contribution in [0.1, 0.15) is 11.1 Å². The molecule has 5 heteroatoms. The Morgan fingerprint density at radius 1 is 1.05 bits per heavy atom. The summed E-state index contributed by atoms with van der Waals surface area (Å²) in [5.74, 6) is 2.46. The van der Waals surface area contributed by atoms with E-state index in [4.69, 9.17) is 25.8 Å². The molecule has 0 saturated heterocycles. The average Bonchev–Trinajstić information content (AvgIpc) is 2.99. The minimum atomic E-state index is 0.260. The molecule has 0 fully saturated rings. The Morgan fingerprint density at radius 3 is 2.77 bits per heavy atom. The summed E-state index contributed by atoms with van der Waals surface area (Å²) >= 11 is 6.30. The van der Waals surface area contributed by atoms with Crippen LogP contribution < -0.4 is 19.5 Å². The number of hydrogen-bond donors (Lipinski definition) is 1. The van der Waals surface area contributed by atoms with E-state index in [9.17, 15) is 0 Å². The van der Waals surface area contributed by atoms with Crippen molar-refractivity contribution in [2.24, 2.45) is 0 Å². The van der Waals surface area contributed by atoms with E-state index in [0.29, 0.717) is 23.9 Å². The maximum Gasteiger partial charge on any atom is 0.231 e. The highest BCUT2D eigenvalue weighted by atomic mass is 35.5. The zero-order chi connectivity index (χ0) is 14.9. The molecule has 0 saturated carbocycles. The Bertz CT molecular complexity index is 704. The van der Waals surface area contributed by atoms with Gasteiger partial charge in [0.25, 0.3) is 0 Å². The Hall–Kier alpha value is -1.91. The molecule has 2 aromatic carbocycles. The van der Waals surface area contributed by atoms with Crippen molar-refractivity contribution in [1.82, 2.24) is 5.32 Å². The van der Waals surface area contributed by atoms with E-state index in [0.717, 1.165) is 23.5 Å². The number of nitrogens with one attached hydrogen (secondary N) is 1. The van der Waals surface area contributed by atoms with Gasteiger partial charge in [0, 0.05) is 23.7 Å². The molecule has 0 aliphatic carbocycles. The number of para-hydroxylation sites is 1. The first kappa shape index (κ1) is 13.7. The Morgan fingerprint density at radius 2 is 1.86 bits per heavy atom. The molecule has 0 radical (unpaired) electrons. The molecule has 22 heavy (non-hydrogen) atoms. The Labute approximate surface area is 133 Å². The van der Waals surface area contributed by atoms with Gasteiger partial charge in [-0.1, -0.05) is 29.8 Å². The van der Waals surface area contributed by atoms with Gasteiger partial charge in [0.1, 0.15) is 12.4 Å². The zero-order valence-electron chi connectivity index (χ0n) is 12.0. The predicted molar refractivity (Wildman–Crippen MR) is 83.8 cm³/mol.